The van der Waals surface area contributed by atoms with Gasteiger partial charge in [0.15, 0.2) is 0 Å². The van der Waals surface area contributed by atoms with E-state index in [0.29, 0.717) is 12.3 Å². The van der Waals surface area contributed by atoms with Gasteiger partial charge in [0.1, 0.15) is 0 Å². The molecule has 0 radical (unpaired) electrons. The standard InChI is InChI=1S/C13H17N/c1-10(2)12-7-6-11(3)13(9-12)5-4-8-14/h6-7,9-10H,4-5H2,1-3H3. The van der Waals surface area contributed by atoms with Gasteiger partial charge >= 0.3 is 0 Å². The van der Waals surface area contributed by atoms with Gasteiger partial charge in [-0.15, -0.1) is 0 Å². The van der Waals surface area contributed by atoms with E-state index in [-0.39, 0.29) is 0 Å². The van der Waals surface area contributed by atoms with Crippen LogP contribution in [0.1, 0.15) is 42.9 Å². The van der Waals surface area contributed by atoms with Crippen molar-refractivity contribution in [1.29, 1.82) is 5.26 Å². The highest BCUT2D eigenvalue weighted by atomic mass is 14.2. The average molecular weight is 187 g/mol. The molecule has 1 aromatic rings. The van der Waals surface area contributed by atoms with Crippen molar-refractivity contribution in [3.63, 3.8) is 0 Å². The Kier molecular flexibility index (Phi) is 3.71. The van der Waals surface area contributed by atoms with Gasteiger partial charge in [-0.2, -0.15) is 5.26 Å². The van der Waals surface area contributed by atoms with Gasteiger partial charge in [-0.25, -0.2) is 0 Å². The van der Waals surface area contributed by atoms with Crippen LogP contribution in [0.3, 0.4) is 0 Å². The molecule has 0 aromatic heterocycles. The number of hydrogen-bond donors (Lipinski definition) is 0. The Morgan fingerprint density at radius 3 is 2.64 bits per heavy atom. The SMILES string of the molecule is Cc1ccc(C(C)C)cc1CCC#N. The van der Waals surface area contributed by atoms with E-state index < -0.39 is 0 Å². The molecule has 0 amide bonds. The van der Waals surface area contributed by atoms with Crippen LogP contribution in [0.2, 0.25) is 0 Å². The zero-order valence-corrected chi connectivity index (χ0v) is 9.17. The van der Waals surface area contributed by atoms with Gasteiger partial charge in [0.05, 0.1) is 6.07 Å². The van der Waals surface area contributed by atoms with E-state index in [9.17, 15) is 0 Å². The molecule has 0 fully saturated rings. The Labute approximate surface area is 86.4 Å². The predicted octanol–water partition coefficient (Wildman–Crippen LogP) is 3.57. The smallest absolute Gasteiger partial charge is 0.0625 e. The zero-order valence-electron chi connectivity index (χ0n) is 9.17. The molecule has 0 heterocycles. The fourth-order valence-electron chi connectivity index (χ4n) is 1.51. The molecule has 1 rings (SSSR count). The monoisotopic (exact) mass is 187 g/mol. The molecular formula is C13H17N. The number of hydrogen-bond acceptors (Lipinski definition) is 1. The first-order valence-electron chi connectivity index (χ1n) is 5.11. The number of rotatable bonds is 3. The van der Waals surface area contributed by atoms with Gasteiger partial charge in [0.25, 0.3) is 0 Å². The van der Waals surface area contributed by atoms with Crippen molar-refractivity contribution in [2.75, 3.05) is 0 Å². The molecule has 0 bridgehead atoms. The minimum absolute atomic E-state index is 0.566. The van der Waals surface area contributed by atoms with Crippen molar-refractivity contribution in [2.24, 2.45) is 0 Å². The van der Waals surface area contributed by atoms with Crippen molar-refractivity contribution in [1.82, 2.24) is 0 Å². The third-order valence-corrected chi connectivity index (χ3v) is 2.55. The molecule has 0 spiro atoms. The lowest BCUT2D eigenvalue weighted by Gasteiger charge is -2.09. The van der Waals surface area contributed by atoms with Crippen LogP contribution in [0.5, 0.6) is 0 Å². The maximum atomic E-state index is 8.55. The summed E-state index contributed by atoms with van der Waals surface area (Å²) in [6.45, 7) is 6.49. The van der Waals surface area contributed by atoms with E-state index in [1.54, 1.807) is 0 Å². The predicted molar refractivity (Wildman–Crippen MR) is 59.2 cm³/mol. The van der Waals surface area contributed by atoms with Crippen LogP contribution >= 0.6 is 0 Å². The molecule has 0 N–H and O–H groups in total. The summed E-state index contributed by atoms with van der Waals surface area (Å²) in [6.07, 6.45) is 1.49. The summed E-state index contributed by atoms with van der Waals surface area (Å²) in [6, 6.07) is 8.76. The largest absolute Gasteiger partial charge is 0.198 e. The Morgan fingerprint density at radius 1 is 1.36 bits per heavy atom. The average Bonchev–Trinajstić information content (AvgIpc) is 2.16. The Hall–Kier alpha value is -1.29. The second-order valence-corrected chi connectivity index (χ2v) is 4.00. The van der Waals surface area contributed by atoms with Crippen molar-refractivity contribution in [3.05, 3.63) is 34.9 Å². The lowest BCUT2D eigenvalue weighted by atomic mass is 9.96. The van der Waals surface area contributed by atoms with Crippen LogP contribution in [0, 0.1) is 18.3 Å². The third-order valence-electron chi connectivity index (χ3n) is 2.55. The second kappa shape index (κ2) is 4.81. The molecule has 14 heavy (non-hydrogen) atoms. The summed E-state index contributed by atoms with van der Waals surface area (Å²) < 4.78 is 0. The normalized spacial score (nSPS) is 10.2. The number of aryl methyl sites for hydroxylation is 2. The van der Waals surface area contributed by atoms with E-state index >= 15 is 0 Å². The molecule has 0 saturated carbocycles. The highest BCUT2D eigenvalue weighted by Gasteiger charge is 2.03. The maximum absolute atomic E-state index is 8.55. The quantitative estimate of drug-likeness (QED) is 0.709. The lowest BCUT2D eigenvalue weighted by molar-refractivity contribution is 0.858. The first-order valence-corrected chi connectivity index (χ1v) is 5.11. The van der Waals surface area contributed by atoms with Gasteiger partial charge in [-0.1, -0.05) is 32.0 Å². The minimum Gasteiger partial charge on any atom is -0.198 e. The lowest BCUT2D eigenvalue weighted by Crippen LogP contribution is -1.94. The van der Waals surface area contributed by atoms with Crippen LogP contribution in [0.4, 0.5) is 0 Å². The van der Waals surface area contributed by atoms with Crippen LogP contribution < -0.4 is 0 Å². The first kappa shape index (κ1) is 10.8. The van der Waals surface area contributed by atoms with Crippen molar-refractivity contribution < 1.29 is 0 Å². The van der Waals surface area contributed by atoms with Crippen LogP contribution in [-0.2, 0) is 6.42 Å². The van der Waals surface area contributed by atoms with Crippen LogP contribution in [0.15, 0.2) is 18.2 Å². The number of nitriles is 1. The van der Waals surface area contributed by atoms with Crippen LogP contribution in [-0.4, -0.2) is 0 Å². The maximum Gasteiger partial charge on any atom is 0.0625 e. The highest BCUT2D eigenvalue weighted by Crippen LogP contribution is 2.19. The number of nitrogens with zero attached hydrogens (tertiary/aromatic N) is 1. The van der Waals surface area contributed by atoms with Crippen LogP contribution in [0.25, 0.3) is 0 Å². The molecule has 0 unspecified atom stereocenters. The molecule has 1 heteroatoms. The van der Waals surface area contributed by atoms with Crippen molar-refractivity contribution >= 4 is 0 Å². The summed E-state index contributed by atoms with van der Waals surface area (Å²) >= 11 is 0. The van der Waals surface area contributed by atoms with E-state index in [1.165, 1.54) is 16.7 Å². The van der Waals surface area contributed by atoms with Gasteiger partial charge in [-0.3, -0.25) is 0 Å². The highest BCUT2D eigenvalue weighted by molar-refractivity contribution is 5.32. The summed E-state index contributed by atoms with van der Waals surface area (Å²) in [7, 11) is 0. The van der Waals surface area contributed by atoms with E-state index in [4.69, 9.17) is 5.26 Å². The first-order chi connectivity index (χ1) is 6.65. The summed E-state index contributed by atoms with van der Waals surface area (Å²) in [5.74, 6) is 0.566. The topological polar surface area (TPSA) is 23.8 Å². The molecule has 0 aliphatic heterocycles. The second-order valence-electron chi connectivity index (χ2n) is 4.00. The van der Waals surface area contributed by atoms with E-state index in [2.05, 4.69) is 45.0 Å². The molecule has 1 aromatic carbocycles. The Morgan fingerprint density at radius 2 is 2.07 bits per heavy atom. The van der Waals surface area contributed by atoms with Gasteiger partial charge in [-0.05, 0) is 36.0 Å². The minimum atomic E-state index is 0.566. The number of benzene rings is 1. The summed E-state index contributed by atoms with van der Waals surface area (Å²) in [4.78, 5) is 0. The molecule has 0 saturated heterocycles. The molecule has 74 valence electrons. The van der Waals surface area contributed by atoms with Crippen molar-refractivity contribution in [3.8, 4) is 6.07 Å². The zero-order chi connectivity index (χ0) is 10.6. The summed E-state index contributed by atoms with van der Waals surface area (Å²) in [5, 5.41) is 8.55. The fraction of sp³-hybridized carbons (Fsp3) is 0.462. The van der Waals surface area contributed by atoms with Gasteiger partial charge < -0.3 is 0 Å². The molecule has 0 atom stereocenters. The molecule has 1 nitrogen and oxygen atoms in total. The third kappa shape index (κ3) is 2.60. The van der Waals surface area contributed by atoms with Gasteiger partial charge in [0.2, 0.25) is 0 Å². The fourth-order valence-corrected chi connectivity index (χ4v) is 1.51. The molecule has 0 aliphatic rings. The molecule has 0 aliphatic carbocycles. The Bertz CT molecular complexity index is 345. The van der Waals surface area contributed by atoms with E-state index in [1.807, 2.05) is 0 Å². The Balaban J connectivity index is 2.91. The van der Waals surface area contributed by atoms with Gasteiger partial charge in [0, 0.05) is 6.42 Å². The van der Waals surface area contributed by atoms with Crippen molar-refractivity contribution in [2.45, 2.75) is 39.5 Å². The van der Waals surface area contributed by atoms with E-state index in [0.717, 1.165) is 6.42 Å². The molecular weight excluding hydrogens is 170 g/mol. The summed E-state index contributed by atoms with van der Waals surface area (Å²) in [5.41, 5.74) is 3.98.